The van der Waals surface area contributed by atoms with E-state index in [9.17, 15) is 9.59 Å². The minimum absolute atomic E-state index is 0.0990. The van der Waals surface area contributed by atoms with E-state index in [-0.39, 0.29) is 29.2 Å². The van der Waals surface area contributed by atoms with Gasteiger partial charge in [-0.2, -0.15) is 0 Å². The van der Waals surface area contributed by atoms with Crippen LogP contribution < -0.4 is 4.74 Å². The molecule has 1 saturated carbocycles. The van der Waals surface area contributed by atoms with E-state index in [1.54, 1.807) is 0 Å². The number of ether oxygens (including phenoxy) is 2. The molecular formula is C29H38O4. The van der Waals surface area contributed by atoms with Gasteiger partial charge in [0.15, 0.2) is 0 Å². The van der Waals surface area contributed by atoms with Crippen LogP contribution in [0.1, 0.15) is 78.5 Å². The Kier molecular flexibility index (Phi) is 7.36. The molecule has 0 saturated heterocycles. The standard InChI is InChI=1S/C29H38O4/c1-17-13-24(14-18(2)21(17)5)29(6,7)25-15-19(3)26(20(4)16-25)33-28(31)23-11-9-22(10-12-23)27(30)32-8/h13-16,22-23H,9-12H2,1-8H3. The van der Waals surface area contributed by atoms with E-state index >= 15 is 0 Å². The quantitative estimate of drug-likeness (QED) is 0.389. The van der Waals surface area contributed by atoms with E-state index in [1.807, 2.05) is 13.8 Å². The summed E-state index contributed by atoms with van der Waals surface area (Å²) in [5, 5.41) is 0. The number of benzene rings is 2. The van der Waals surface area contributed by atoms with Crippen molar-refractivity contribution in [1.82, 2.24) is 0 Å². The van der Waals surface area contributed by atoms with Gasteiger partial charge in [0.25, 0.3) is 0 Å². The van der Waals surface area contributed by atoms with Crippen molar-refractivity contribution < 1.29 is 19.1 Å². The molecule has 0 bridgehead atoms. The van der Waals surface area contributed by atoms with Crippen molar-refractivity contribution in [1.29, 1.82) is 0 Å². The van der Waals surface area contributed by atoms with Crippen LogP contribution in [0.2, 0.25) is 0 Å². The third-order valence-electron chi connectivity index (χ3n) is 7.63. The lowest BCUT2D eigenvalue weighted by molar-refractivity contribution is -0.149. The summed E-state index contributed by atoms with van der Waals surface area (Å²) in [6, 6.07) is 8.86. The number of rotatable bonds is 5. The Hall–Kier alpha value is -2.62. The van der Waals surface area contributed by atoms with E-state index in [2.05, 4.69) is 58.9 Å². The fourth-order valence-corrected chi connectivity index (χ4v) is 4.95. The van der Waals surface area contributed by atoms with Crippen molar-refractivity contribution in [3.05, 3.63) is 63.2 Å². The van der Waals surface area contributed by atoms with Crippen molar-refractivity contribution in [2.45, 2.75) is 79.6 Å². The Balaban J connectivity index is 1.79. The highest BCUT2D eigenvalue weighted by Crippen LogP contribution is 2.38. The Morgan fingerprint density at radius 1 is 0.727 bits per heavy atom. The Bertz CT molecular complexity index is 1010. The number of methoxy groups -OCH3 is 1. The topological polar surface area (TPSA) is 52.6 Å². The maximum absolute atomic E-state index is 12.9. The lowest BCUT2D eigenvalue weighted by Crippen LogP contribution is -2.29. The van der Waals surface area contributed by atoms with Crippen molar-refractivity contribution in [2.75, 3.05) is 7.11 Å². The van der Waals surface area contributed by atoms with Crippen molar-refractivity contribution in [3.63, 3.8) is 0 Å². The van der Waals surface area contributed by atoms with E-state index < -0.39 is 0 Å². The molecular weight excluding hydrogens is 412 g/mol. The number of hydrogen-bond acceptors (Lipinski definition) is 4. The third-order valence-corrected chi connectivity index (χ3v) is 7.63. The van der Waals surface area contributed by atoms with Crippen LogP contribution in [0.3, 0.4) is 0 Å². The van der Waals surface area contributed by atoms with Crippen LogP contribution in [0.25, 0.3) is 0 Å². The minimum Gasteiger partial charge on any atom is -0.469 e. The fraction of sp³-hybridized carbons (Fsp3) is 0.517. The van der Waals surface area contributed by atoms with Crippen LogP contribution >= 0.6 is 0 Å². The minimum atomic E-state index is -0.193. The van der Waals surface area contributed by atoms with Crippen LogP contribution in [0.15, 0.2) is 24.3 Å². The van der Waals surface area contributed by atoms with Crippen LogP contribution in [0.5, 0.6) is 5.75 Å². The number of aryl methyl sites for hydroxylation is 4. The lowest BCUT2D eigenvalue weighted by Gasteiger charge is -2.29. The highest BCUT2D eigenvalue weighted by atomic mass is 16.5. The zero-order valence-electron chi connectivity index (χ0n) is 21.4. The highest BCUT2D eigenvalue weighted by Gasteiger charge is 2.32. The number of carbonyl (C=O) groups is 2. The smallest absolute Gasteiger partial charge is 0.314 e. The summed E-state index contributed by atoms with van der Waals surface area (Å²) in [6.07, 6.45) is 2.67. The van der Waals surface area contributed by atoms with Gasteiger partial charge in [0.2, 0.25) is 0 Å². The largest absolute Gasteiger partial charge is 0.469 e. The Morgan fingerprint density at radius 2 is 1.12 bits per heavy atom. The molecule has 33 heavy (non-hydrogen) atoms. The van der Waals surface area contributed by atoms with Crippen molar-refractivity contribution in [2.24, 2.45) is 11.8 Å². The first kappa shape index (κ1) is 25.0. The Morgan fingerprint density at radius 3 is 1.55 bits per heavy atom. The van der Waals surface area contributed by atoms with Crippen LogP contribution in [-0.4, -0.2) is 19.0 Å². The highest BCUT2D eigenvalue weighted by molar-refractivity contribution is 5.77. The molecule has 2 aromatic carbocycles. The summed E-state index contributed by atoms with van der Waals surface area (Å²) in [4.78, 5) is 24.6. The molecule has 0 unspecified atom stereocenters. The van der Waals surface area contributed by atoms with Gasteiger partial charge in [-0.15, -0.1) is 0 Å². The van der Waals surface area contributed by atoms with Gasteiger partial charge >= 0.3 is 11.9 Å². The first-order valence-electron chi connectivity index (χ1n) is 11.9. The molecule has 0 aliphatic heterocycles. The predicted molar refractivity (Wildman–Crippen MR) is 132 cm³/mol. The summed E-state index contributed by atoms with van der Waals surface area (Å²) < 4.78 is 10.8. The molecule has 4 heteroatoms. The van der Waals surface area contributed by atoms with Gasteiger partial charge in [-0.3, -0.25) is 9.59 Å². The second kappa shape index (κ2) is 9.70. The summed E-state index contributed by atoms with van der Waals surface area (Å²) in [7, 11) is 1.42. The van der Waals surface area contributed by atoms with Crippen LogP contribution in [0, 0.1) is 46.5 Å². The van der Waals surface area contributed by atoms with E-state index in [0.717, 1.165) is 11.1 Å². The van der Waals surface area contributed by atoms with Gasteiger partial charge in [-0.25, -0.2) is 0 Å². The monoisotopic (exact) mass is 450 g/mol. The molecule has 1 aliphatic carbocycles. The van der Waals surface area contributed by atoms with Crippen LogP contribution in [-0.2, 0) is 19.7 Å². The van der Waals surface area contributed by atoms with Gasteiger partial charge in [0.1, 0.15) is 5.75 Å². The molecule has 0 aromatic heterocycles. The van der Waals surface area contributed by atoms with E-state index in [4.69, 9.17) is 9.47 Å². The second-order valence-electron chi connectivity index (χ2n) is 10.3. The van der Waals surface area contributed by atoms with Gasteiger partial charge in [0, 0.05) is 5.41 Å². The lowest BCUT2D eigenvalue weighted by atomic mass is 9.75. The molecule has 1 aliphatic rings. The maximum Gasteiger partial charge on any atom is 0.314 e. The molecule has 0 N–H and O–H groups in total. The summed E-state index contributed by atoms with van der Waals surface area (Å²) >= 11 is 0. The van der Waals surface area contributed by atoms with Crippen molar-refractivity contribution in [3.8, 4) is 5.75 Å². The molecule has 3 rings (SSSR count). The molecule has 0 amide bonds. The maximum atomic E-state index is 12.9. The Labute approximate surface area is 198 Å². The molecule has 2 aromatic rings. The predicted octanol–water partition coefficient (Wildman–Crippen LogP) is 6.44. The molecule has 0 heterocycles. The van der Waals surface area contributed by atoms with Gasteiger partial charge in [-0.05, 0) is 99.2 Å². The first-order chi connectivity index (χ1) is 15.4. The molecule has 0 atom stereocenters. The van der Waals surface area contributed by atoms with Crippen LogP contribution in [0.4, 0.5) is 0 Å². The van der Waals surface area contributed by atoms with Crippen molar-refractivity contribution >= 4 is 11.9 Å². The number of hydrogen-bond donors (Lipinski definition) is 0. The first-order valence-corrected chi connectivity index (χ1v) is 11.9. The second-order valence-corrected chi connectivity index (χ2v) is 10.3. The molecule has 0 spiro atoms. The SMILES string of the molecule is COC(=O)C1CCC(C(=O)Oc2c(C)cc(C(C)(C)c3cc(C)c(C)c(C)c3)cc2C)CC1. The average molecular weight is 451 g/mol. The van der Waals surface area contributed by atoms with E-state index in [0.29, 0.717) is 31.4 Å². The zero-order chi connectivity index (χ0) is 24.5. The van der Waals surface area contributed by atoms with Gasteiger partial charge in [0.05, 0.1) is 18.9 Å². The normalized spacial score (nSPS) is 18.7. The number of carbonyl (C=O) groups excluding carboxylic acids is 2. The van der Waals surface area contributed by atoms with Gasteiger partial charge in [-0.1, -0.05) is 38.1 Å². The molecule has 178 valence electrons. The van der Waals surface area contributed by atoms with E-state index in [1.165, 1.54) is 34.9 Å². The fourth-order valence-electron chi connectivity index (χ4n) is 4.95. The summed E-state index contributed by atoms with van der Waals surface area (Å²) in [5.41, 5.74) is 8.20. The summed E-state index contributed by atoms with van der Waals surface area (Å²) in [5.74, 6) is 0.0234. The molecule has 4 nitrogen and oxygen atoms in total. The third kappa shape index (κ3) is 5.15. The number of esters is 2. The summed E-state index contributed by atoms with van der Waals surface area (Å²) in [6.45, 7) is 15.0. The molecule has 1 fully saturated rings. The average Bonchev–Trinajstić information content (AvgIpc) is 2.78. The van der Waals surface area contributed by atoms with Gasteiger partial charge < -0.3 is 9.47 Å². The zero-order valence-corrected chi connectivity index (χ0v) is 21.4. The molecule has 0 radical (unpaired) electrons.